The van der Waals surface area contributed by atoms with Crippen molar-refractivity contribution in [3.63, 3.8) is 0 Å². The van der Waals surface area contributed by atoms with E-state index in [0.29, 0.717) is 5.56 Å². The first-order valence-electron chi connectivity index (χ1n) is 5.65. The van der Waals surface area contributed by atoms with Crippen LogP contribution in [0, 0.1) is 10.1 Å². The third kappa shape index (κ3) is 3.09. The number of halogens is 1. The molecule has 0 amide bonds. The second-order valence-electron chi connectivity index (χ2n) is 4.12. The second-order valence-corrected chi connectivity index (χ2v) is 4.52. The molecule has 2 rings (SSSR count). The van der Waals surface area contributed by atoms with Gasteiger partial charge in [-0.15, -0.1) is 0 Å². The number of nitro benzene ring substituents is 1. The standard InChI is InChI=1S/C11H10ClN5O4/c12-7-5-16(11(19)14-10(7)18)4-6-1-2-9(17(20)21)8(3-6)15-13/h1-3,5,15H,4,13H2,(H,14,18,19). The fourth-order valence-corrected chi connectivity index (χ4v) is 1.92. The van der Waals surface area contributed by atoms with Crippen molar-refractivity contribution in [3.05, 3.63) is 65.9 Å². The Bertz CT molecular complexity index is 813. The molecule has 0 aliphatic carbocycles. The molecule has 0 saturated heterocycles. The highest BCUT2D eigenvalue weighted by Crippen LogP contribution is 2.24. The van der Waals surface area contributed by atoms with E-state index in [2.05, 4.69) is 10.4 Å². The highest BCUT2D eigenvalue weighted by atomic mass is 35.5. The predicted molar refractivity (Wildman–Crippen MR) is 76.3 cm³/mol. The van der Waals surface area contributed by atoms with Crippen LogP contribution in [0.25, 0.3) is 0 Å². The molecule has 0 unspecified atom stereocenters. The zero-order valence-corrected chi connectivity index (χ0v) is 11.3. The van der Waals surface area contributed by atoms with Gasteiger partial charge in [0.1, 0.15) is 10.7 Å². The number of nitrogens with one attached hydrogen (secondary N) is 2. The van der Waals surface area contributed by atoms with Crippen LogP contribution in [-0.4, -0.2) is 14.5 Å². The molecule has 0 bridgehead atoms. The molecule has 10 heteroatoms. The second kappa shape index (κ2) is 5.77. The molecule has 1 aromatic carbocycles. The third-order valence-corrected chi connectivity index (χ3v) is 3.00. The largest absolute Gasteiger partial charge is 0.328 e. The topological polar surface area (TPSA) is 136 Å². The highest BCUT2D eigenvalue weighted by molar-refractivity contribution is 6.30. The van der Waals surface area contributed by atoms with Crippen LogP contribution in [-0.2, 0) is 6.54 Å². The molecule has 0 fully saturated rings. The number of benzene rings is 1. The number of nitrogens with zero attached hydrogens (tertiary/aromatic N) is 2. The maximum Gasteiger partial charge on any atom is 0.328 e. The maximum atomic E-state index is 11.6. The number of hydrazine groups is 1. The van der Waals surface area contributed by atoms with Crippen LogP contribution in [0.4, 0.5) is 11.4 Å². The molecule has 4 N–H and O–H groups in total. The number of aromatic nitrogens is 2. The SMILES string of the molecule is NNc1cc(Cn2cc(Cl)c(=O)[nH]c2=O)ccc1[N+](=O)[O-]. The summed E-state index contributed by atoms with van der Waals surface area (Å²) in [5.41, 5.74) is 1.41. The van der Waals surface area contributed by atoms with E-state index in [0.717, 1.165) is 0 Å². The number of H-pyrrole nitrogens is 1. The monoisotopic (exact) mass is 311 g/mol. The Morgan fingerprint density at radius 2 is 2.14 bits per heavy atom. The molecule has 0 saturated carbocycles. The van der Waals surface area contributed by atoms with Crippen molar-refractivity contribution < 1.29 is 4.92 Å². The van der Waals surface area contributed by atoms with Gasteiger partial charge in [-0.2, -0.15) is 0 Å². The molecular weight excluding hydrogens is 302 g/mol. The lowest BCUT2D eigenvalue weighted by Crippen LogP contribution is -2.30. The molecule has 9 nitrogen and oxygen atoms in total. The molecule has 0 aliphatic heterocycles. The van der Waals surface area contributed by atoms with E-state index in [1.54, 1.807) is 0 Å². The molecular formula is C11H10ClN5O4. The van der Waals surface area contributed by atoms with E-state index < -0.39 is 16.2 Å². The van der Waals surface area contributed by atoms with Gasteiger partial charge < -0.3 is 5.43 Å². The van der Waals surface area contributed by atoms with Crippen LogP contribution in [0.3, 0.4) is 0 Å². The van der Waals surface area contributed by atoms with Crippen LogP contribution in [0.2, 0.25) is 5.02 Å². The first-order chi connectivity index (χ1) is 9.92. The Morgan fingerprint density at radius 1 is 1.43 bits per heavy atom. The fraction of sp³-hybridized carbons (Fsp3) is 0.0909. The summed E-state index contributed by atoms with van der Waals surface area (Å²) in [6.07, 6.45) is 1.19. The zero-order valence-electron chi connectivity index (χ0n) is 10.5. The van der Waals surface area contributed by atoms with Crippen LogP contribution < -0.4 is 22.5 Å². The van der Waals surface area contributed by atoms with Crippen molar-refractivity contribution in [1.82, 2.24) is 9.55 Å². The van der Waals surface area contributed by atoms with E-state index in [4.69, 9.17) is 17.4 Å². The van der Waals surface area contributed by atoms with Crippen LogP contribution >= 0.6 is 11.6 Å². The smallest absolute Gasteiger partial charge is 0.318 e. The van der Waals surface area contributed by atoms with Gasteiger partial charge in [-0.05, 0) is 11.6 Å². The number of nitrogens with two attached hydrogens (primary N) is 1. The van der Waals surface area contributed by atoms with E-state index in [9.17, 15) is 19.7 Å². The van der Waals surface area contributed by atoms with Gasteiger partial charge in [-0.1, -0.05) is 17.7 Å². The van der Waals surface area contributed by atoms with Crippen molar-refractivity contribution in [2.75, 3.05) is 5.43 Å². The van der Waals surface area contributed by atoms with Crippen molar-refractivity contribution in [2.45, 2.75) is 6.54 Å². The zero-order chi connectivity index (χ0) is 15.6. The van der Waals surface area contributed by atoms with Gasteiger partial charge in [-0.25, -0.2) is 4.79 Å². The number of rotatable bonds is 4. The lowest BCUT2D eigenvalue weighted by molar-refractivity contribution is -0.384. The van der Waals surface area contributed by atoms with Crippen molar-refractivity contribution in [3.8, 4) is 0 Å². The number of anilines is 1. The quantitative estimate of drug-likeness (QED) is 0.425. The number of aromatic amines is 1. The Kier molecular flexibility index (Phi) is 4.05. The Labute approximate surface area is 122 Å². The normalized spacial score (nSPS) is 10.4. The van der Waals surface area contributed by atoms with Crippen molar-refractivity contribution >= 4 is 23.0 Å². The Hall–Kier alpha value is -2.65. The van der Waals surface area contributed by atoms with Gasteiger partial charge >= 0.3 is 5.69 Å². The molecule has 0 radical (unpaired) electrons. The molecule has 21 heavy (non-hydrogen) atoms. The number of hydrogen-bond acceptors (Lipinski definition) is 6. The number of hydrogen-bond donors (Lipinski definition) is 3. The van der Waals surface area contributed by atoms with E-state index in [-0.39, 0.29) is 22.9 Å². The average molecular weight is 312 g/mol. The summed E-state index contributed by atoms with van der Waals surface area (Å²) in [5.74, 6) is 5.23. The highest BCUT2D eigenvalue weighted by Gasteiger charge is 2.13. The van der Waals surface area contributed by atoms with Gasteiger partial charge in [0, 0.05) is 12.3 Å². The molecule has 1 heterocycles. The first-order valence-corrected chi connectivity index (χ1v) is 6.03. The minimum atomic E-state index is -0.675. The molecule has 0 aliphatic rings. The fourth-order valence-electron chi connectivity index (χ4n) is 1.75. The minimum absolute atomic E-state index is 0.0714. The molecule has 0 spiro atoms. The van der Waals surface area contributed by atoms with Gasteiger partial charge in [0.2, 0.25) is 0 Å². The van der Waals surface area contributed by atoms with E-state index in [1.807, 2.05) is 0 Å². The van der Waals surface area contributed by atoms with Gasteiger partial charge in [0.05, 0.1) is 11.5 Å². The average Bonchev–Trinajstić information content (AvgIpc) is 2.44. The summed E-state index contributed by atoms with van der Waals surface area (Å²) in [7, 11) is 0. The van der Waals surface area contributed by atoms with Crippen molar-refractivity contribution in [2.24, 2.45) is 5.84 Å². The van der Waals surface area contributed by atoms with Crippen LogP contribution in [0.15, 0.2) is 34.0 Å². The summed E-state index contributed by atoms with van der Waals surface area (Å²) in [4.78, 5) is 35.0. The summed E-state index contributed by atoms with van der Waals surface area (Å²) >= 11 is 5.65. The minimum Gasteiger partial charge on any atom is -0.318 e. The molecule has 110 valence electrons. The third-order valence-electron chi connectivity index (χ3n) is 2.73. The van der Waals surface area contributed by atoms with Gasteiger partial charge in [0.25, 0.3) is 11.2 Å². The maximum absolute atomic E-state index is 11.6. The lowest BCUT2D eigenvalue weighted by atomic mass is 10.1. The first kappa shape index (κ1) is 14.8. The van der Waals surface area contributed by atoms with Crippen molar-refractivity contribution in [1.29, 1.82) is 0 Å². The molecule has 1 aromatic heterocycles. The van der Waals surface area contributed by atoms with E-state index >= 15 is 0 Å². The van der Waals surface area contributed by atoms with Crippen LogP contribution in [0.1, 0.15) is 5.56 Å². The summed E-state index contributed by atoms with van der Waals surface area (Å²) < 4.78 is 1.17. The van der Waals surface area contributed by atoms with Crippen LogP contribution in [0.5, 0.6) is 0 Å². The molecule has 0 atom stereocenters. The summed E-state index contributed by atoms with van der Waals surface area (Å²) in [6, 6.07) is 4.18. The Morgan fingerprint density at radius 3 is 2.76 bits per heavy atom. The van der Waals surface area contributed by atoms with Gasteiger partial charge in [0.15, 0.2) is 0 Å². The molecule has 2 aromatic rings. The lowest BCUT2D eigenvalue weighted by Gasteiger charge is -2.08. The summed E-state index contributed by atoms with van der Waals surface area (Å²) in [5, 5.41) is 10.7. The van der Waals surface area contributed by atoms with Gasteiger partial charge in [-0.3, -0.25) is 30.3 Å². The number of nitrogen functional groups attached to an aromatic ring is 1. The summed E-state index contributed by atoms with van der Waals surface area (Å²) in [6.45, 7) is 0.0714. The van der Waals surface area contributed by atoms with E-state index in [1.165, 1.54) is 29.0 Å². The number of nitro groups is 1. The predicted octanol–water partition coefficient (Wildman–Crippen LogP) is 0.432. The Balaban J connectivity index is 2.41.